The van der Waals surface area contributed by atoms with E-state index in [9.17, 15) is 4.39 Å². The molecule has 4 nitrogen and oxygen atoms in total. The topological polar surface area (TPSA) is 40.6 Å². The summed E-state index contributed by atoms with van der Waals surface area (Å²) in [4.78, 5) is 5.56. The highest BCUT2D eigenvalue weighted by atomic mass is 32.2. The minimum atomic E-state index is -0.279. The second-order valence-electron chi connectivity index (χ2n) is 5.62. The molecule has 0 saturated carbocycles. The van der Waals surface area contributed by atoms with Crippen LogP contribution in [0.5, 0.6) is 17.2 Å². The van der Waals surface area contributed by atoms with Crippen LogP contribution < -0.4 is 14.2 Å². The van der Waals surface area contributed by atoms with E-state index < -0.39 is 0 Å². The van der Waals surface area contributed by atoms with Crippen molar-refractivity contribution in [3.63, 3.8) is 0 Å². The van der Waals surface area contributed by atoms with Gasteiger partial charge in [-0.1, -0.05) is 0 Å². The molecule has 1 aromatic heterocycles. The first-order valence-electron chi connectivity index (χ1n) is 7.53. The lowest BCUT2D eigenvalue weighted by molar-refractivity contribution is 0.0899. The van der Waals surface area contributed by atoms with E-state index in [0.29, 0.717) is 30.1 Å². The van der Waals surface area contributed by atoms with Crippen LogP contribution in [0.2, 0.25) is 0 Å². The van der Waals surface area contributed by atoms with Gasteiger partial charge in [-0.25, -0.2) is 4.39 Å². The molecule has 2 aromatic rings. The summed E-state index contributed by atoms with van der Waals surface area (Å²) < 4.78 is 30.7. The molecule has 0 fully saturated rings. The molecule has 0 aliphatic carbocycles. The Morgan fingerprint density at radius 3 is 3.04 bits per heavy atom. The Bertz CT molecular complexity index is 753. The Morgan fingerprint density at radius 1 is 1.22 bits per heavy atom. The number of rotatable bonds is 2. The molecule has 4 rings (SSSR count). The fraction of sp³-hybridized carbons (Fsp3) is 0.353. The van der Waals surface area contributed by atoms with E-state index >= 15 is 0 Å². The first-order chi connectivity index (χ1) is 11.2. The summed E-state index contributed by atoms with van der Waals surface area (Å²) in [6.07, 6.45) is 2.28. The van der Waals surface area contributed by atoms with E-state index in [-0.39, 0.29) is 11.9 Å². The second-order valence-corrected chi connectivity index (χ2v) is 6.76. The van der Waals surface area contributed by atoms with Gasteiger partial charge in [-0.2, -0.15) is 0 Å². The molecular formula is C17H16FNO3S. The number of aryl methyl sites for hydroxylation is 1. The van der Waals surface area contributed by atoms with Crippen LogP contribution in [-0.4, -0.2) is 30.1 Å². The molecule has 1 aromatic carbocycles. The Hall–Kier alpha value is -1.95. The molecule has 0 amide bonds. The van der Waals surface area contributed by atoms with Crippen molar-refractivity contribution in [2.24, 2.45) is 0 Å². The number of aromatic nitrogens is 1. The van der Waals surface area contributed by atoms with Gasteiger partial charge < -0.3 is 14.2 Å². The van der Waals surface area contributed by atoms with Crippen LogP contribution in [-0.2, 0) is 6.42 Å². The van der Waals surface area contributed by atoms with Crippen molar-refractivity contribution in [1.29, 1.82) is 0 Å². The molecule has 6 heteroatoms. The van der Waals surface area contributed by atoms with Crippen LogP contribution >= 0.6 is 11.8 Å². The number of hydrogen-bond donors (Lipinski definition) is 0. The Kier molecular flexibility index (Phi) is 3.77. The molecule has 0 saturated heterocycles. The standard InChI is InChI=1S/C17H16FNO3S/c1-10-4-15-14(7-13(10)18)21-9-12(22-15)5-11-6-17-16(8-19-11)20-2-3-23-17/h4,6-8,12H,2-3,5,9H2,1H3. The molecular weight excluding hydrogens is 317 g/mol. The number of hydrogen-bond acceptors (Lipinski definition) is 5. The highest BCUT2D eigenvalue weighted by Gasteiger charge is 2.24. The molecule has 23 heavy (non-hydrogen) atoms. The maximum atomic E-state index is 13.6. The summed E-state index contributed by atoms with van der Waals surface area (Å²) in [5.41, 5.74) is 1.49. The third kappa shape index (κ3) is 2.95. The van der Waals surface area contributed by atoms with Crippen molar-refractivity contribution in [1.82, 2.24) is 4.98 Å². The van der Waals surface area contributed by atoms with Gasteiger partial charge in [0.1, 0.15) is 18.5 Å². The lowest BCUT2D eigenvalue weighted by Gasteiger charge is -2.27. The highest BCUT2D eigenvalue weighted by molar-refractivity contribution is 7.99. The SMILES string of the molecule is Cc1cc2c(cc1F)OCC(Cc1cc3c(cn1)OCCS3)O2. The Balaban J connectivity index is 1.51. The fourth-order valence-corrected chi connectivity index (χ4v) is 3.53. The molecule has 0 spiro atoms. The minimum absolute atomic E-state index is 0.132. The zero-order valence-electron chi connectivity index (χ0n) is 12.7. The normalized spacial score (nSPS) is 19.0. The lowest BCUT2D eigenvalue weighted by Crippen LogP contribution is -2.31. The van der Waals surface area contributed by atoms with Crippen LogP contribution in [0.4, 0.5) is 4.39 Å². The Morgan fingerprint density at radius 2 is 2.13 bits per heavy atom. The van der Waals surface area contributed by atoms with Crippen molar-refractivity contribution in [3.05, 3.63) is 41.5 Å². The summed E-state index contributed by atoms with van der Waals surface area (Å²) >= 11 is 1.78. The van der Waals surface area contributed by atoms with Crippen LogP contribution in [0.25, 0.3) is 0 Å². The number of fused-ring (bicyclic) bond motifs is 2. The molecule has 3 heterocycles. The van der Waals surface area contributed by atoms with Crippen LogP contribution in [0.3, 0.4) is 0 Å². The quantitative estimate of drug-likeness (QED) is 0.842. The maximum Gasteiger partial charge on any atom is 0.164 e. The number of ether oxygens (including phenoxy) is 3. The average molecular weight is 333 g/mol. The molecule has 0 radical (unpaired) electrons. The maximum absolute atomic E-state index is 13.6. The lowest BCUT2D eigenvalue weighted by atomic mass is 10.1. The molecule has 1 atom stereocenters. The summed E-state index contributed by atoms with van der Waals surface area (Å²) in [6.45, 7) is 2.83. The van der Waals surface area contributed by atoms with Crippen molar-refractivity contribution in [2.75, 3.05) is 19.0 Å². The molecule has 1 unspecified atom stereocenters. The zero-order chi connectivity index (χ0) is 15.8. The number of benzene rings is 1. The zero-order valence-corrected chi connectivity index (χ0v) is 13.5. The summed E-state index contributed by atoms with van der Waals surface area (Å²) in [7, 11) is 0. The molecule has 2 aliphatic rings. The summed E-state index contributed by atoms with van der Waals surface area (Å²) in [5.74, 6) is 2.58. The van der Waals surface area contributed by atoms with E-state index in [2.05, 4.69) is 4.98 Å². The van der Waals surface area contributed by atoms with Gasteiger partial charge in [0.2, 0.25) is 0 Å². The largest absolute Gasteiger partial charge is 0.490 e. The summed E-state index contributed by atoms with van der Waals surface area (Å²) in [5, 5.41) is 0. The van der Waals surface area contributed by atoms with Gasteiger partial charge in [0.25, 0.3) is 0 Å². The van der Waals surface area contributed by atoms with Crippen LogP contribution in [0.1, 0.15) is 11.3 Å². The van der Waals surface area contributed by atoms with Gasteiger partial charge in [-0.3, -0.25) is 4.98 Å². The molecule has 120 valence electrons. The molecule has 0 N–H and O–H groups in total. The van der Waals surface area contributed by atoms with Gasteiger partial charge in [0.05, 0.1) is 17.7 Å². The van der Waals surface area contributed by atoms with Gasteiger partial charge in [-0.15, -0.1) is 11.8 Å². The number of halogens is 1. The predicted molar refractivity (Wildman–Crippen MR) is 85.2 cm³/mol. The van der Waals surface area contributed by atoms with Gasteiger partial charge >= 0.3 is 0 Å². The van der Waals surface area contributed by atoms with Crippen LogP contribution in [0.15, 0.2) is 29.3 Å². The first-order valence-corrected chi connectivity index (χ1v) is 8.52. The Labute approximate surface area is 138 Å². The van der Waals surface area contributed by atoms with E-state index in [1.54, 1.807) is 30.9 Å². The number of thioether (sulfide) groups is 1. The van der Waals surface area contributed by atoms with Gasteiger partial charge in [0.15, 0.2) is 17.2 Å². The first kappa shape index (κ1) is 14.6. The van der Waals surface area contributed by atoms with Crippen molar-refractivity contribution in [3.8, 4) is 17.2 Å². The smallest absolute Gasteiger partial charge is 0.164 e. The number of nitrogens with zero attached hydrogens (tertiary/aromatic N) is 1. The van der Waals surface area contributed by atoms with Crippen molar-refractivity contribution >= 4 is 11.8 Å². The highest BCUT2D eigenvalue weighted by Crippen LogP contribution is 2.36. The van der Waals surface area contributed by atoms with Crippen molar-refractivity contribution in [2.45, 2.75) is 24.3 Å². The van der Waals surface area contributed by atoms with E-state index in [4.69, 9.17) is 14.2 Å². The monoisotopic (exact) mass is 333 g/mol. The van der Waals surface area contributed by atoms with E-state index in [1.165, 1.54) is 6.07 Å². The second kappa shape index (κ2) is 5.92. The predicted octanol–water partition coefficient (Wildman–Crippen LogP) is 3.40. The summed E-state index contributed by atoms with van der Waals surface area (Å²) in [6, 6.07) is 5.11. The fourth-order valence-electron chi connectivity index (χ4n) is 2.67. The minimum Gasteiger partial charge on any atom is -0.490 e. The van der Waals surface area contributed by atoms with Gasteiger partial charge in [-0.05, 0) is 24.6 Å². The van der Waals surface area contributed by atoms with Crippen LogP contribution in [0, 0.1) is 12.7 Å². The van der Waals surface area contributed by atoms with E-state index in [1.807, 2.05) is 6.07 Å². The molecule has 2 aliphatic heterocycles. The van der Waals surface area contributed by atoms with Crippen molar-refractivity contribution < 1.29 is 18.6 Å². The third-order valence-electron chi connectivity index (χ3n) is 3.87. The van der Waals surface area contributed by atoms with E-state index in [0.717, 1.165) is 28.7 Å². The van der Waals surface area contributed by atoms with Gasteiger partial charge in [0, 0.05) is 23.9 Å². The molecule has 0 bridgehead atoms. The average Bonchev–Trinajstić information content (AvgIpc) is 2.56. The number of pyridine rings is 1. The third-order valence-corrected chi connectivity index (χ3v) is 4.87.